The van der Waals surface area contributed by atoms with Crippen LogP contribution in [0, 0.1) is 0 Å². The molecule has 1 fully saturated rings. The summed E-state index contributed by atoms with van der Waals surface area (Å²) in [6, 6.07) is 1.72. The first-order valence-corrected chi connectivity index (χ1v) is 6.57. The number of aromatic nitrogens is 1. The second-order valence-electron chi connectivity index (χ2n) is 5.30. The van der Waals surface area contributed by atoms with Gasteiger partial charge in [0.05, 0.1) is 11.3 Å². The number of amides is 1. The summed E-state index contributed by atoms with van der Waals surface area (Å²) in [6.45, 7) is 2.68. The average Bonchev–Trinajstić information content (AvgIpc) is 3.20. The number of pyridine rings is 1. The molecule has 0 atom stereocenters. The van der Waals surface area contributed by atoms with Gasteiger partial charge < -0.3 is 10.0 Å². The maximum atomic E-state index is 11.4. The lowest BCUT2D eigenvalue weighted by Gasteiger charge is -2.28. The van der Waals surface area contributed by atoms with Crippen molar-refractivity contribution in [2.45, 2.75) is 38.6 Å². The van der Waals surface area contributed by atoms with Gasteiger partial charge in [0.15, 0.2) is 0 Å². The summed E-state index contributed by atoms with van der Waals surface area (Å²) >= 11 is 0. The molecular formula is C14H16N2O3. The van der Waals surface area contributed by atoms with Gasteiger partial charge >= 0.3 is 5.97 Å². The van der Waals surface area contributed by atoms with Crippen LogP contribution in [0.1, 0.15) is 53.0 Å². The molecule has 1 aromatic heterocycles. The molecule has 100 valence electrons. The number of nitrogens with zero attached hydrogens (tertiary/aromatic N) is 2. The molecule has 0 saturated heterocycles. The van der Waals surface area contributed by atoms with Gasteiger partial charge in [-0.3, -0.25) is 9.78 Å². The van der Waals surface area contributed by atoms with Crippen molar-refractivity contribution in [3.8, 4) is 0 Å². The summed E-state index contributed by atoms with van der Waals surface area (Å²) in [5.74, 6) is -0.576. The number of carboxylic acid groups (broad SMARTS) is 1. The Morgan fingerprint density at radius 2 is 2.16 bits per heavy atom. The predicted molar refractivity (Wildman–Crippen MR) is 68.0 cm³/mol. The number of carbonyl (C=O) groups is 2. The van der Waals surface area contributed by atoms with E-state index in [9.17, 15) is 14.7 Å². The molecule has 1 aliphatic heterocycles. The van der Waals surface area contributed by atoms with E-state index >= 15 is 0 Å². The van der Waals surface area contributed by atoms with Crippen LogP contribution in [0.25, 0.3) is 0 Å². The van der Waals surface area contributed by atoms with Crippen LogP contribution in [0.5, 0.6) is 0 Å². The second kappa shape index (κ2) is 4.33. The Hall–Kier alpha value is -1.91. The summed E-state index contributed by atoms with van der Waals surface area (Å²) in [5, 5.41) is 9.30. The monoisotopic (exact) mass is 260 g/mol. The van der Waals surface area contributed by atoms with Crippen LogP contribution in [-0.4, -0.2) is 33.4 Å². The second-order valence-corrected chi connectivity index (χ2v) is 5.30. The molecule has 0 radical (unpaired) electrons. The highest BCUT2D eigenvalue weighted by atomic mass is 16.4. The standard InChI is InChI=1S/C14H16N2O3/c1-8(17)16-5-4-12-10(7-16)6-11(14(18)19)13(15-12)9-2-3-9/h6,9H,2-5,7H2,1H3,(H,18,19). The highest BCUT2D eigenvalue weighted by Crippen LogP contribution is 2.41. The van der Waals surface area contributed by atoms with Crippen LogP contribution in [0.3, 0.4) is 0 Å². The molecule has 1 amide bonds. The molecule has 2 heterocycles. The number of rotatable bonds is 2. The fraction of sp³-hybridized carbons (Fsp3) is 0.500. The Balaban J connectivity index is 2.01. The molecule has 2 aliphatic rings. The van der Waals surface area contributed by atoms with Crippen LogP contribution in [0.2, 0.25) is 0 Å². The SMILES string of the molecule is CC(=O)N1CCc2nc(C3CC3)c(C(=O)O)cc2C1. The number of hydrogen-bond acceptors (Lipinski definition) is 3. The highest BCUT2D eigenvalue weighted by Gasteiger charge is 2.32. The van der Waals surface area contributed by atoms with E-state index in [1.54, 1.807) is 11.0 Å². The lowest BCUT2D eigenvalue weighted by Crippen LogP contribution is -2.35. The Morgan fingerprint density at radius 1 is 1.42 bits per heavy atom. The Labute approximate surface area is 111 Å². The van der Waals surface area contributed by atoms with Gasteiger partial charge in [0.1, 0.15) is 0 Å². The largest absolute Gasteiger partial charge is 0.478 e. The van der Waals surface area contributed by atoms with Gasteiger partial charge in [0.2, 0.25) is 5.91 Å². The predicted octanol–water partition coefficient (Wildman–Crippen LogP) is 1.56. The molecular weight excluding hydrogens is 244 g/mol. The van der Waals surface area contributed by atoms with Gasteiger partial charge in [-0.05, 0) is 24.5 Å². The van der Waals surface area contributed by atoms with Crippen LogP contribution in [0.15, 0.2) is 6.07 Å². The molecule has 0 unspecified atom stereocenters. The Kier molecular flexibility index (Phi) is 2.77. The maximum absolute atomic E-state index is 11.4. The lowest BCUT2D eigenvalue weighted by atomic mass is 10.00. The summed E-state index contributed by atoms with van der Waals surface area (Å²) in [7, 11) is 0. The molecule has 19 heavy (non-hydrogen) atoms. The van der Waals surface area contributed by atoms with Crippen LogP contribution >= 0.6 is 0 Å². The van der Waals surface area contributed by atoms with E-state index in [4.69, 9.17) is 0 Å². The van der Waals surface area contributed by atoms with E-state index in [1.165, 1.54) is 6.92 Å². The normalized spacial score (nSPS) is 18.1. The highest BCUT2D eigenvalue weighted by molar-refractivity contribution is 5.89. The molecule has 1 aromatic rings. The van der Waals surface area contributed by atoms with Crippen LogP contribution in [-0.2, 0) is 17.8 Å². The zero-order valence-electron chi connectivity index (χ0n) is 10.8. The van der Waals surface area contributed by atoms with Gasteiger partial charge in [0.25, 0.3) is 0 Å². The summed E-state index contributed by atoms with van der Waals surface area (Å²) < 4.78 is 0. The minimum Gasteiger partial charge on any atom is -0.478 e. The number of carboxylic acids is 1. The fourth-order valence-corrected chi connectivity index (χ4v) is 2.60. The van der Waals surface area contributed by atoms with Gasteiger partial charge in [-0.15, -0.1) is 0 Å². The molecule has 1 aliphatic carbocycles. The molecule has 0 bridgehead atoms. The molecule has 5 nitrogen and oxygen atoms in total. The molecule has 1 saturated carbocycles. The van der Waals surface area contributed by atoms with Crippen molar-refractivity contribution in [2.24, 2.45) is 0 Å². The van der Waals surface area contributed by atoms with E-state index < -0.39 is 5.97 Å². The first kappa shape index (κ1) is 12.1. The average molecular weight is 260 g/mol. The lowest BCUT2D eigenvalue weighted by molar-refractivity contribution is -0.129. The molecule has 0 aromatic carbocycles. The molecule has 5 heteroatoms. The van der Waals surface area contributed by atoms with Crippen LogP contribution < -0.4 is 0 Å². The van der Waals surface area contributed by atoms with Crippen molar-refractivity contribution < 1.29 is 14.7 Å². The summed E-state index contributed by atoms with van der Waals surface area (Å²) in [4.78, 5) is 29.0. The van der Waals surface area contributed by atoms with Gasteiger partial charge in [-0.2, -0.15) is 0 Å². The zero-order chi connectivity index (χ0) is 13.6. The first-order chi connectivity index (χ1) is 9.06. The molecule has 3 rings (SSSR count). The number of aromatic carboxylic acids is 1. The number of carbonyl (C=O) groups excluding carboxylic acids is 1. The third kappa shape index (κ3) is 2.20. The first-order valence-electron chi connectivity index (χ1n) is 6.57. The number of hydrogen-bond donors (Lipinski definition) is 1. The molecule has 1 N–H and O–H groups in total. The van der Waals surface area contributed by atoms with Crippen molar-refractivity contribution in [2.75, 3.05) is 6.54 Å². The van der Waals surface area contributed by atoms with Crippen molar-refractivity contribution in [1.82, 2.24) is 9.88 Å². The third-order valence-corrected chi connectivity index (χ3v) is 3.84. The van der Waals surface area contributed by atoms with E-state index in [1.807, 2.05) is 0 Å². The minimum atomic E-state index is -0.919. The molecule has 0 spiro atoms. The zero-order valence-corrected chi connectivity index (χ0v) is 10.8. The van der Waals surface area contributed by atoms with Gasteiger partial charge in [-0.1, -0.05) is 0 Å². The topological polar surface area (TPSA) is 70.5 Å². The van der Waals surface area contributed by atoms with Crippen molar-refractivity contribution in [3.63, 3.8) is 0 Å². The maximum Gasteiger partial charge on any atom is 0.337 e. The van der Waals surface area contributed by atoms with Crippen molar-refractivity contribution >= 4 is 11.9 Å². The van der Waals surface area contributed by atoms with E-state index in [0.717, 1.165) is 29.8 Å². The van der Waals surface area contributed by atoms with Crippen LogP contribution in [0.4, 0.5) is 0 Å². The Bertz CT molecular complexity index is 564. The van der Waals surface area contributed by atoms with E-state index in [0.29, 0.717) is 31.0 Å². The van der Waals surface area contributed by atoms with Crippen molar-refractivity contribution in [1.29, 1.82) is 0 Å². The minimum absolute atomic E-state index is 0.0220. The van der Waals surface area contributed by atoms with Gasteiger partial charge in [-0.25, -0.2) is 4.79 Å². The van der Waals surface area contributed by atoms with Crippen molar-refractivity contribution in [3.05, 3.63) is 28.6 Å². The van der Waals surface area contributed by atoms with E-state index in [-0.39, 0.29) is 5.91 Å². The quantitative estimate of drug-likeness (QED) is 0.876. The summed E-state index contributed by atoms with van der Waals surface area (Å²) in [6.07, 6.45) is 2.78. The number of fused-ring (bicyclic) bond motifs is 1. The van der Waals surface area contributed by atoms with Gasteiger partial charge in [0, 0.05) is 38.0 Å². The fourth-order valence-electron chi connectivity index (χ4n) is 2.60. The Morgan fingerprint density at radius 3 is 2.74 bits per heavy atom. The third-order valence-electron chi connectivity index (χ3n) is 3.84. The van der Waals surface area contributed by atoms with E-state index in [2.05, 4.69) is 4.98 Å². The summed E-state index contributed by atoms with van der Waals surface area (Å²) in [5.41, 5.74) is 2.89. The smallest absolute Gasteiger partial charge is 0.337 e.